The first-order chi connectivity index (χ1) is 17.8. The molecule has 1 heterocycles. The minimum Gasteiger partial charge on any atom is -0.492 e. The van der Waals surface area contributed by atoms with Crippen molar-refractivity contribution >= 4 is 63.8 Å². The number of ether oxygens (including phenoxy) is 2. The molecule has 1 saturated heterocycles. The van der Waals surface area contributed by atoms with Crippen LogP contribution in [0.15, 0.2) is 71.6 Å². The number of benzene rings is 3. The van der Waals surface area contributed by atoms with Gasteiger partial charge in [-0.3, -0.25) is 19.3 Å². The summed E-state index contributed by atoms with van der Waals surface area (Å²) in [6.45, 7) is 2.04. The predicted molar refractivity (Wildman–Crippen MR) is 146 cm³/mol. The second kappa shape index (κ2) is 12.2. The zero-order chi connectivity index (χ0) is 26.4. The number of thioether (sulfide) groups is 1. The lowest BCUT2D eigenvalue weighted by Gasteiger charge is -2.13. The average molecular weight is 557 g/mol. The fraction of sp³-hybridized carbons (Fsp3) is 0.148. The molecule has 190 valence electrons. The number of nitrogens with one attached hydrogen (secondary N) is 1. The van der Waals surface area contributed by atoms with E-state index in [0.717, 1.165) is 22.2 Å². The second-order valence-electron chi connectivity index (χ2n) is 8.00. The Bertz CT molecular complexity index is 1360. The fourth-order valence-corrected chi connectivity index (χ4v) is 4.64. The molecule has 0 radical (unpaired) electrons. The van der Waals surface area contributed by atoms with Crippen molar-refractivity contribution in [1.82, 2.24) is 4.90 Å². The van der Waals surface area contributed by atoms with E-state index in [1.165, 1.54) is 0 Å². The summed E-state index contributed by atoms with van der Waals surface area (Å²) in [4.78, 5) is 38.7. The third-order valence-electron chi connectivity index (χ3n) is 5.24. The second-order valence-corrected chi connectivity index (χ2v) is 9.81. The first kappa shape index (κ1) is 26.6. The van der Waals surface area contributed by atoms with Crippen molar-refractivity contribution in [2.24, 2.45) is 0 Å². The van der Waals surface area contributed by atoms with Crippen LogP contribution in [-0.2, 0) is 9.59 Å². The van der Waals surface area contributed by atoms with Crippen molar-refractivity contribution in [2.45, 2.75) is 6.92 Å². The molecule has 7 nitrogen and oxygen atoms in total. The van der Waals surface area contributed by atoms with Crippen molar-refractivity contribution in [3.05, 3.63) is 92.8 Å². The molecule has 37 heavy (non-hydrogen) atoms. The first-order valence-corrected chi connectivity index (χ1v) is 12.8. The number of anilines is 1. The van der Waals surface area contributed by atoms with E-state index in [2.05, 4.69) is 5.32 Å². The molecule has 0 unspecified atom stereocenters. The molecule has 1 aliphatic heterocycles. The van der Waals surface area contributed by atoms with Gasteiger partial charge in [0, 0.05) is 0 Å². The largest absolute Gasteiger partial charge is 0.492 e. The van der Waals surface area contributed by atoms with Crippen molar-refractivity contribution in [2.75, 3.05) is 25.1 Å². The van der Waals surface area contributed by atoms with Gasteiger partial charge in [-0.2, -0.15) is 0 Å². The molecule has 0 atom stereocenters. The smallest absolute Gasteiger partial charge is 0.293 e. The van der Waals surface area contributed by atoms with Gasteiger partial charge in [0.1, 0.15) is 18.1 Å². The van der Waals surface area contributed by atoms with E-state index < -0.39 is 11.8 Å². The molecule has 0 aromatic heterocycles. The van der Waals surface area contributed by atoms with Gasteiger partial charge in [0.15, 0.2) is 6.61 Å². The molecule has 1 fully saturated rings. The lowest BCUT2D eigenvalue weighted by atomic mass is 10.2. The Morgan fingerprint density at radius 2 is 1.76 bits per heavy atom. The predicted octanol–water partition coefficient (Wildman–Crippen LogP) is 6.43. The molecular formula is C27H22Cl2N2O5S. The minimum absolute atomic E-state index is 0.139. The number of imide groups is 1. The molecule has 0 bridgehead atoms. The maximum absolute atomic E-state index is 12.8. The van der Waals surface area contributed by atoms with Crippen LogP contribution in [0.3, 0.4) is 0 Å². The summed E-state index contributed by atoms with van der Waals surface area (Å²) in [7, 11) is 0. The van der Waals surface area contributed by atoms with E-state index >= 15 is 0 Å². The van der Waals surface area contributed by atoms with E-state index in [1.54, 1.807) is 48.5 Å². The van der Waals surface area contributed by atoms with Gasteiger partial charge in [-0.1, -0.05) is 59.1 Å². The molecule has 3 amide bonds. The fourth-order valence-electron chi connectivity index (χ4n) is 3.35. The third-order valence-corrected chi connectivity index (χ3v) is 6.77. The number of para-hydroxylation sites is 1. The molecular weight excluding hydrogens is 535 g/mol. The lowest BCUT2D eigenvalue weighted by Crippen LogP contribution is -2.32. The van der Waals surface area contributed by atoms with Crippen LogP contribution in [-0.4, -0.2) is 41.7 Å². The SMILES string of the molecule is Cc1ccc(OCCN2C(=O)S/C(=C\c3ccc(OCC(=O)Nc4ccccc4Cl)c(Cl)c3)C2=O)cc1. The third kappa shape index (κ3) is 7.07. The Balaban J connectivity index is 1.32. The van der Waals surface area contributed by atoms with Crippen LogP contribution in [0.5, 0.6) is 11.5 Å². The van der Waals surface area contributed by atoms with E-state index in [4.69, 9.17) is 32.7 Å². The molecule has 4 rings (SSSR count). The van der Waals surface area contributed by atoms with Crippen molar-refractivity contribution < 1.29 is 23.9 Å². The molecule has 0 aliphatic carbocycles. The minimum atomic E-state index is -0.395. The topological polar surface area (TPSA) is 84.9 Å². The standard InChI is InChI=1S/C27H22Cl2N2O5S/c1-17-6-9-19(10-7-17)35-13-12-31-26(33)24(37-27(31)34)15-18-8-11-23(21(29)14-18)36-16-25(32)30-22-5-3-2-4-20(22)28/h2-11,14-15H,12-13,16H2,1H3,(H,30,32)/b24-15-. The van der Waals surface area contributed by atoms with Crippen molar-refractivity contribution in [1.29, 1.82) is 0 Å². The van der Waals surface area contributed by atoms with Crippen molar-refractivity contribution in [3.63, 3.8) is 0 Å². The number of rotatable bonds is 9. The van der Waals surface area contributed by atoms with Gasteiger partial charge in [0.2, 0.25) is 0 Å². The number of hydrogen-bond donors (Lipinski definition) is 1. The summed E-state index contributed by atoms with van der Waals surface area (Å²) in [5.74, 6) is 0.185. The highest BCUT2D eigenvalue weighted by Crippen LogP contribution is 2.34. The summed E-state index contributed by atoms with van der Waals surface area (Å²) in [6.07, 6.45) is 1.59. The highest BCUT2D eigenvalue weighted by molar-refractivity contribution is 8.18. The van der Waals surface area contributed by atoms with E-state index in [0.29, 0.717) is 27.8 Å². The molecule has 0 spiro atoms. The number of hydrogen-bond acceptors (Lipinski definition) is 6. The Morgan fingerprint density at radius 3 is 2.49 bits per heavy atom. The van der Waals surface area contributed by atoms with Crippen LogP contribution in [0, 0.1) is 6.92 Å². The molecule has 3 aromatic carbocycles. The quantitative estimate of drug-likeness (QED) is 0.305. The summed E-state index contributed by atoms with van der Waals surface area (Å²) >= 11 is 13.2. The number of halogens is 2. The number of carbonyl (C=O) groups excluding carboxylic acids is 3. The summed E-state index contributed by atoms with van der Waals surface area (Å²) in [5.41, 5.74) is 2.20. The maximum Gasteiger partial charge on any atom is 0.293 e. The Hall–Kier alpha value is -3.46. The Morgan fingerprint density at radius 1 is 1.00 bits per heavy atom. The highest BCUT2D eigenvalue weighted by atomic mass is 35.5. The first-order valence-electron chi connectivity index (χ1n) is 11.2. The summed E-state index contributed by atoms with van der Waals surface area (Å²) in [6, 6.07) is 19.3. The molecule has 1 N–H and O–H groups in total. The lowest BCUT2D eigenvalue weighted by molar-refractivity contribution is -0.123. The molecule has 3 aromatic rings. The number of amides is 3. The van der Waals surface area contributed by atoms with Crippen LogP contribution in [0.2, 0.25) is 10.0 Å². The Labute approximate surface area is 228 Å². The van der Waals surface area contributed by atoms with E-state index in [-0.39, 0.29) is 34.9 Å². The van der Waals surface area contributed by atoms with Crippen LogP contribution in [0.25, 0.3) is 6.08 Å². The summed E-state index contributed by atoms with van der Waals surface area (Å²) < 4.78 is 11.2. The van der Waals surface area contributed by atoms with Crippen LogP contribution < -0.4 is 14.8 Å². The van der Waals surface area contributed by atoms with E-state index in [1.807, 2.05) is 31.2 Å². The Kier molecular flexibility index (Phi) is 8.76. The van der Waals surface area contributed by atoms with Gasteiger partial charge in [-0.05, 0) is 66.7 Å². The highest BCUT2D eigenvalue weighted by Gasteiger charge is 2.34. The normalized spacial score (nSPS) is 14.2. The van der Waals surface area contributed by atoms with Gasteiger partial charge in [0.05, 0.1) is 27.2 Å². The molecule has 10 heteroatoms. The number of nitrogens with zero attached hydrogens (tertiary/aromatic N) is 1. The van der Waals surface area contributed by atoms with Gasteiger partial charge in [0.25, 0.3) is 17.1 Å². The van der Waals surface area contributed by atoms with Gasteiger partial charge < -0.3 is 14.8 Å². The molecule has 1 aliphatic rings. The van der Waals surface area contributed by atoms with Crippen LogP contribution in [0.4, 0.5) is 10.5 Å². The zero-order valence-corrected chi connectivity index (χ0v) is 22.0. The molecule has 0 saturated carbocycles. The average Bonchev–Trinajstić information content (AvgIpc) is 3.13. The van der Waals surface area contributed by atoms with E-state index in [9.17, 15) is 14.4 Å². The maximum atomic E-state index is 12.8. The number of carbonyl (C=O) groups is 3. The van der Waals surface area contributed by atoms with Gasteiger partial charge in [-0.15, -0.1) is 0 Å². The summed E-state index contributed by atoms with van der Waals surface area (Å²) in [5, 5.41) is 2.98. The van der Waals surface area contributed by atoms with Gasteiger partial charge >= 0.3 is 0 Å². The number of aryl methyl sites for hydroxylation is 1. The zero-order valence-electron chi connectivity index (χ0n) is 19.7. The van der Waals surface area contributed by atoms with Crippen LogP contribution >= 0.6 is 35.0 Å². The van der Waals surface area contributed by atoms with Gasteiger partial charge in [-0.25, -0.2) is 0 Å². The monoisotopic (exact) mass is 556 g/mol. The van der Waals surface area contributed by atoms with Crippen molar-refractivity contribution in [3.8, 4) is 11.5 Å². The van der Waals surface area contributed by atoms with Crippen LogP contribution in [0.1, 0.15) is 11.1 Å².